The Hall–Kier alpha value is -2.40. The Labute approximate surface area is 148 Å². The highest BCUT2D eigenvalue weighted by Crippen LogP contribution is 2.22. The highest BCUT2D eigenvalue weighted by atomic mass is 16.5. The van der Waals surface area contributed by atoms with Crippen molar-refractivity contribution in [2.75, 3.05) is 13.1 Å². The molecule has 1 unspecified atom stereocenters. The first kappa shape index (κ1) is 17.4. The number of nitrogens with zero attached hydrogens (tertiary/aromatic N) is 2. The van der Waals surface area contributed by atoms with E-state index in [2.05, 4.69) is 4.98 Å². The molecule has 1 atom stereocenters. The van der Waals surface area contributed by atoms with Crippen LogP contribution in [0.4, 0.5) is 0 Å². The summed E-state index contributed by atoms with van der Waals surface area (Å²) in [6, 6.07) is 11.4. The number of hydrogen-bond acceptors (Lipinski definition) is 4. The number of nitrogens with two attached hydrogens (primary N) is 1. The van der Waals surface area contributed by atoms with Gasteiger partial charge in [0.15, 0.2) is 0 Å². The first-order valence-electron chi connectivity index (χ1n) is 8.80. The van der Waals surface area contributed by atoms with Crippen molar-refractivity contribution in [1.82, 2.24) is 9.88 Å². The molecule has 25 heavy (non-hydrogen) atoms. The average molecular weight is 339 g/mol. The Balaban J connectivity index is 1.60. The smallest absolute Gasteiger partial charge is 0.253 e. The number of ether oxygens (including phenoxy) is 1. The molecule has 1 amide bonds. The van der Waals surface area contributed by atoms with E-state index in [1.807, 2.05) is 48.2 Å². The molecule has 0 aliphatic carbocycles. The molecule has 1 aliphatic rings. The molecule has 1 saturated heterocycles. The van der Waals surface area contributed by atoms with E-state index in [1.54, 1.807) is 12.4 Å². The summed E-state index contributed by atoms with van der Waals surface area (Å²) in [5, 5.41) is 0. The number of hydrogen-bond donors (Lipinski definition) is 1. The van der Waals surface area contributed by atoms with E-state index in [0.717, 1.165) is 31.5 Å². The van der Waals surface area contributed by atoms with Crippen LogP contribution in [0.1, 0.15) is 35.7 Å². The predicted octanol–water partition coefficient (Wildman–Crippen LogP) is 2.86. The number of piperidine rings is 1. The zero-order valence-corrected chi connectivity index (χ0v) is 14.6. The van der Waals surface area contributed by atoms with Crippen molar-refractivity contribution in [3.05, 3.63) is 59.9 Å². The van der Waals surface area contributed by atoms with E-state index in [0.29, 0.717) is 23.8 Å². The largest absolute Gasteiger partial charge is 0.489 e. The Morgan fingerprint density at radius 3 is 2.80 bits per heavy atom. The number of rotatable bonds is 5. The van der Waals surface area contributed by atoms with Crippen molar-refractivity contribution >= 4 is 5.91 Å². The summed E-state index contributed by atoms with van der Waals surface area (Å²) in [5.74, 6) is 1.27. The van der Waals surface area contributed by atoms with Crippen LogP contribution in [0.25, 0.3) is 0 Å². The van der Waals surface area contributed by atoms with Crippen LogP contribution in [-0.2, 0) is 6.61 Å². The summed E-state index contributed by atoms with van der Waals surface area (Å²) in [7, 11) is 0. The fourth-order valence-corrected chi connectivity index (χ4v) is 3.18. The SMILES string of the molecule is CC(N)C1CCN(C(=O)c2cccc(OCc3cccnc3)c2)CC1. The normalized spacial score (nSPS) is 16.5. The standard InChI is InChI=1S/C20H25N3O2/c1-15(21)17-7-10-23(11-8-17)20(24)18-5-2-6-19(12-18)25-14-16-4-3-9-22-13-16/h2-6,9,12-13,15,17H,7-8,10-11,14,21H2,1H3. The third kappa shape index (κ3) is 4.57. The predicted molar refractivity (Wildman–Crippen MR) is 97.3 cm³/mol. The summed E-state index contributed by atoms with van der Waals surface area (Å²) in [6.07, 6.45) is 5.45. The van der Waals surface area contributed by atoms with Crippen LogP contribution in [0.5, 0.6) is 5.75 Å². The highest BCUT2D eigenvalue weighted by Gasteiger charge is 2.25. The van der Waals surface area contributed by atoms with Gasteiger partial charge in [0.1, 0.15) is 12.4 Å². The molecule has 0 spiro atoms. The van der Waals surface area contributed by atoms with E-state index in [-0.39, 0.29) is 11.9 Å². The van der Waals surface area contributed by atoms with Crippen LogP contribution in [0.2, 0.25) is 0 Å². The second-order valence-electron chi connectivity index (χ2n) is 6.67. The van der Waals surface area contributed by atoms with Gasteiger partial charge in [0.05, 0.1) is 0 Å². The molecule has 3 rings (SSSR count). The topological polar surface area (TPSA) is 68.5 Å². The maximum Gasteiger partial charge on any atom is 0.253 e. The van der Waals surface area contributed by atoms with E-state index in [1.165, 1.54) is 0 Å². The van der Waals surface area contributed by atoms with Crippen molar-refractivity contribution in [3.8, 4) is 5.75 Å². The molecule has 0 bridgehead atoms. The van der Waals surface area contributed by atoms with Gasteiger partial charge in [-0.15, -0.1) is 0 Å². The molecular formula is C20H25N3O2. The van der Waals surface area contributed by atoms with Gasteiger partial charge in [0.25, 0.3) is 5.91 Å². The lowest BCUT2D eigenvalue weighted by atomic mass is 9.90. The average Bonchev–Trinajstić information content (AvgIpc) is 2.67. The van der Waals surface area contributed by atoms with Crippen LogP contribution >= 0.6 is 0 Å². The summed E-state index contributed by atoms with van der Waals surface area (Å²) in [4.78, 5) is 18.7. The maximum atomic E-state index is 12.7. The van der Waals surface area contributed by atoms with Crippen LogP contribution < -0.4 is 10.5 Å². The number of carbonyl (C=O) groups excluding carboxylic acids is 1. The minimum absolute atomic E-state index is 0.0648. The summed E-state index contributed by atoms with van der Waals surface area (Å²) < 4.78 is 5.79. The third-order valence-electron chi connectivity index (χ3n) is 4.78. The van der Waals surface area contributed by atoms with Gasteiger partial charge in [-0.25, -0.2) is 0 Å². The molecule has 0 saturated carbocycles. The quantitative estimate of drug-likeness (QED) is 0.909. The molecule has 1 aromatic carbocycles. The molecule has 0 radical (unpaired) electrons. The van der Waals surface area contributed by atoms with Gasteiger partial charge in [-0.3, -0.25) is 9.78 Å². The van der Waals surface area contributed by atoms with E-state index in [9.17, 15) is 4.79 Å². The number of carbonyl (C=O) groups is 1. The van der Waals surface area contributed by atoms with Gasteiger partial charge >= 0.3 is 0 Å². The molecule has 1 aromatic heterocycles. The minimum atomic E-state index is 0.0648. The van der Waals surface area contributed by atoms with Crippen molar-refractivity contribution in [2.45, 2.75) is 32.4 Å². The second-order valence-corrected chi connectivity index (χ2v) is 6.67. The first-order valence-corrected chi connectivity index (χ1v) is 8.80. The number of pyridine rings is 1. The lowest BCUT2D eigenvalue weighted by Gasteiger charge is -2.33. The highest BCUT2D eigenvalue weighted by molar-refractivity contribution is 5.94. The lowest BCUT2D eigenvalue weighted by molar-refractivity contribution is 0.0680. The van der Waals surface area contributed by atoms with E-state index in [4.69, 9.17) is 10.5 Å². The Morgan fingerprint density at radius 2 is 2.12 bits per heavy atom. The van der Waals surface area contributed by atoms with Gasteiger partial charge < -0.3 is 15.4 Å². The van der Waals surface area contributed by atoms with Crippen molar-refractivity contribution in [2.24, 2.45) is 11.7 Å². The molecule has 2 N–H and O–H groups in total. The Morgan fingerprint density at radius 1 is 1.32 bits per heavy atom. The number of aromatic nitrogens is 1. The van der Waals surface area contributed by atoms with Gasteiger partial charge in [0, 0.05) is 42.7 Å². The fourth-order valence-electron chi connectivity index (χ4n) is 3.18. The molecule has 2 heterocycles. The number of benzene rings is 1. The molecule has 1 fully saturated rings. The monoisotopic (exact) mass is 339 g/mol. The van der Waals surface area contributed by atoms with Crippen molar-refractivity contribution in [1.29, 1.82) is 0 Å². The van der Waals surface area contributed by atoms with Gasteiger partial charge in [-0.1, -0.05) is 12.1 Å². The van der Waals surface area contributed by atoms with Crippen molar-refractivity contribution < 1.29 is 9.53 Å². The van der Waals surface area contributed by atoms with Crippen LogP contribution in [0.15, 0.2) is 48.8 Å². The molecule has 2 aromatic rings. The Kier molecular flexibility index (Phi) is 5.66. The molecule has 5 heteroatoms. The fraction of sp³-hybridized carbons (Fsp3) is 0.400. The molecule has 132 valence electrons. The summed E-state index contributed by atoms with van der Waals surface area (Å²) in [5.41, 5.74) is 7.64. The van der Waals surface area contributed by atoms with Gasteiger partial charge in [0.2, 0.25) is 0 Å². The summed E-state index contributed by atoms with van der Waals surface area (Å²) >= 11 is 0. The van der Waals surface area contributed by atoms with Gasteiger partial charge in [-0.2, -0.15) is 0 Å². The number of amides is 1. The minimum Gasteiger partial charge on any atom is -0.489 e. The van der Waals surface area contributed by atoms with Gasteiger partial charge in [-0.05, 0) is 49.9 Å². The zero-order valence-electron chi connectivity index (χ0n) is 14.6. The van der Waals surface area contributed by atoms with E-state index >= 15 is 0 Å². The Bertz CT molecular complexity index is 695. The third-order valence-corrected chi connectivity index (χ3v) is 4.78. The lowest BCUT2D eigenvalue weighted by Crippen LogP contribution is -2.42. The summed E-state index contributed by atoms with van der Waals surface area (Å²) in [6.45, 7) is 4.02. The maximum absolute atomic E-state index is 12.7. The second kappa shape index (κ2) is 8.12. The van der Waals surface area contributed by atoms with Crippen LogP contribution in [0, 0.1) is 5.92 Å². The molecule has 5 nitrogen and oxygen atoms in total. The number of likely N-dealkylation sites (tertiary alicyclic amines) is 1. The zero-order chi connectivity index (χ0) is 17.6. The first-order chi connectivity index (χ1) is 12.1. The van der Waals surface area contributed by atoms with Crippen LogP contribution in [-0.4, -0.2) is 34.9 Å². The van der Waals surface area contributed by atoms with Crippen molar-refractivity contribution in [3.63, 3.8) is 0 Å². The molecule has 1 aliphatic heterocycles. The van der Waals surface area contributed by atoms with Crippen LogP contribution in [0.3, 0.4) is 0 Å². The van der Waals surface area contributed by atoms with E-state index < -0.39 is 0 Å². The molecular weight excluding hydrogens is 314 g/mol.